The van der Waals surface area contributed by atoms with Crippen molar-refractivity contribution in [1.29, 1.82) is 0 Å². The highest BCUT2D eigenvalue weighted by molar-refractivity contribution is 5.04. The van der Waals surface area contributed by atoms with E-state index in [1.807, 2.05) is 17.9 Å². The van der Waals surface area contributed by atoms with Gasteiger partial charge in [-0.3, -0.25) is 9.58 Å². The van der Waals surface area contributed by atoms with Crippen molar-refractivity contribution >= 4 is 0 Å². The zero-order valence-corrected chi connectivity index (χ0v) is 12.5. The highest BCUT2D eigenvalue weighted by Gasteiger charge is 2.42. The zero-order chi connectivity index (χ0) is 14.0. The molecule has 0 amide bonds. The molecule has 0 aliphatic carbocycles. The lowest BCUT2D eigenvalue weighted by Crippen LogP contribution is -2.43. The van der Waals surface area contributed by atoms with Crippen LogP contribution in [-0.4, -0.2) is 52.7 Å². The summed E-state index contributed by atoms with van der Waals surface area (Å²) in [6.45, 7) is 6.83. The van der Waals surface area contributed by atoms with Gasteiger partial charge in [-0.05, 0) is 19.8 Å². The van der Waals surface area contributed by atoms with Gasteiger partial charge in [-0.1, -0.05) is 0 Å². The van der Waals surface area contributed by atoms with Crippen molar-refractivity contribution in [3.8, 4) is 0 Å². The topological polar surface area (TPSA) is 39.5 Å². The number of nitrogens with zero attached hydrogens (tertiary/aromatic N) is 3. The molecule has 1 aromatic heterocycles. The average Bonchev–Trinajstić information content (AvgIpc) is 3.01. The van der Waals surface area contributed by atoms with Crippen LogP contribution in [0.3, 0.4) is 0 Å². The Morgan fingerprint density at radius 3 is 2.90 bits per heavy atom. The first-order valence-corrected chi connectivity index (χ1v) is 7.64. The van der Waals surface area contributed by atoms with E-state index in [1.165, 1.54) is 5.56 Å². The molecule has 2 saturated heterocycles. The van der Waals surface area contributed by atoms with E-state index in [1.54, 1.807) is 0 Å². The van der Waals surface area contributed by atoms with E-state index in [0.717, 1.165) is 52.1 Å². The van der Waals surface area contributed by atoms with E-state index in [2.05, 4.69) is 23.1 Å². The van der Waals surface area contributed by atoms with Gasteiger partial charge in [0.2, 0.25) is 0 Å². The van der Waals surface area contributed by atoms with Crippen LogP contribution < -0.4 is 0 Å². The molecule has 5 nitrogen and oxygen atoms in total. The number of likely N-dealkylation sites (tertiary alicyclic amines) is 1. The fourth-order valence-corrected chi connectivity index (χ4v) is 3.42. The number of aryl methyl sites for hydroxylation is 1. The highest BCUT2D eigenvalue weighted by Crippen LogP contribution is 2.37. The number of rotatable bonds is 4. The number of aromatic nitrogens is 2. The third kappa shape index (κ3) is 3.05. The Kier molecular flexibility index (Phi) is 4.10. The maximum atomic E-state index is 6.08. The number of piperidine rings is 1. The fourth-order valence-electron chi connectivity index (χ4n) is 3.42. The molecular weight excluding hydrogens is 254 g/mol. The SMILES string of the molecule is CCOC1COC2(CCN(Cc3cnn(C)c3)CC2)C1. The Morgan fingerprint density at radius 1 is 1.45 bits per heavy atom. The summed E-state index contributed by atoms with van der Waals surface area (Å²) < 4.78 is 13.7. The summed E-state index contributed by atoms with van der Waals surface area (Å²) in [6.07, 6.45) is 7.68. The number of hydrogen-bond donors (Lipinski definition) is 0. The average molecular weight is 279 g/mol. The summed E-state index contributed by atoms with van der Waals surface area (Å²) in [5, 5.41) is 4.23. The van der Waals surface area contributed by atoms with Crippen molar-refractivity contribution in [2.24, 2.45) is 7.05 Å². The van der Waals surface area contributed by atoms with Gasteiger partial charge < -0.3 is 9.47 Å². The summed E-state index contributed by atoms with van der Waals surface area (Å²) in [7, 11) is 1.97. The third-order valence-corrected chi connectivity index (χ3v) is 4.51. The van der Waals surface area contributed by atoms with E-state index < -0.39 is 0 Å². The summed E-state index contributed by atoms with van der Waals surface area (Å²) in [4.78, 5) is 2.50. The first-order chi connectivity index (χ1) is 9.69. The second-order valence-corrected chi connectivity index (χ2v) is 6.07. The van der Waals surface area contributed by atoms with Gasteiger partial charge >= 0.3 is 0 Å². The second-order valence-electron chi connectivity index (χ2n) is 6.07. The van der Waals surface area contributed by atoms with E-state index >= 15 is 0 Å². The second kappa shape index (κ2) is 5.84. The Labute approximate surface area is 120 Å². The van der Waals surface area contributed by atoms with Crippen LogP contribution in [0.25, 0.3) is 0 Å². The van der Waals surface area contributed by atoms with Gasteiger partial charge in [-0.2, -0.15) is 5.10 Å². The largest absolute Gasteiger partial charge is 0.376 e. The fraction of sp³-hybridized carbons (Fsp3) is 0.800. The zero-order valence-electron chi connectivity index (χ0n) is 12.5. The lowest BCUT2D eigenvalue weighted by atomic mass is 9.88. The molecule has 5 heteroatoms. The summed E-state index contributed by atoms with van der Waals surface area (Å²) in [5.41, 5.74) is 1.38. The lowest BCUT2D eigenvalue weighted by molar-refractivity contribution is -0.0464. The highest BCUT2D eigenvalue weighted by atomic mass is 16.6. The molecule has 0 saturated carbocycles. The van der Waals surface area contributed by atoms with E-state index in [0.29, 0.717) is 6.10 Å². The van der Waals surface area contributed by atoms with Crippen molar-refractivity contribution in [1.82, 2.24) is 14.7 Å². The van der Waals surface area contributed by atoms with Crippen LogP contribution in [0.1, 0.15) is 31.7 Å². The molecule has 0 N–H and O–H groups in total. The van der Waals surface area contributed by atoms with Gasteiger partial charge in [0.05, 0.1) is 24.5 Å². The molecule has 1 spiro atoms. The van der Waals surface area contributed by atoms with Gasteiger partial charge in [0.25, 0.3) is 0 Å². The third-order valence-electron chi connectivity index (χ3n) is 4.51. The van der Waals surface area contributed by atoms with Gasteiger partial charge in [0.1, 0.15) is 0 Å². The molecule has 2 aliphatic rings. The van der Waals surface area contributed by atoms with Crippen LogP contribution >= 0.6 is 0 Å². The van der Waals surface area contributed by atoms with Crippen LogP contribution in [0, 0.1) is 0 Å². The molecule has 0 aromatic carbocycles. The summed E-state index contributed by atoms with van der Waals surface area (Å²) in [5.74, 6) is 0. The number of hydrogen-bond acceptors (Lipinski definition) is 4. The van der Waals surface area contributed by atoms with Crippen LogP contribution in [-0.2, 0) is 23.1 Å². The van der Waals surface area contributed by atoms with Crippen molar-refractivity contribution in [2.75, 3.05) is 26.3 Å². The Balaban J connectivity index is 1.50. The quantitative estimate of drug-likeness (QED) is 0.839. The minimum Gasteiger partial charge on any atom is -0.376 e. The molecule has 112 valence electrons. The molecule has 3 heterocycles. The Hall–Kier alpha value is -0.910. The summed E-state index contributed by atoms with van der Waals surface area (Å²) >= 11 is 0. The first-order valence-electron chi connectivity index (χ1n) is 7.64. The van der Waals surface area contributed by atoms with Crippen molar-refractivity contribution in [3.05, 3.63) is 18.0 Å². The molecular formula is C15H25N3O2. The summed E-state index contributed by atoms with van der Waals surface area (Å²) in [6, 6.07) is 0. The molecule has 0 bridgehead atoms. The molecule has 0 radical (unpaired) electrons. The van der Waals surface area contributed by atoms with Crippen molar-refractivity contribution in [3.63, 3.8) is 0 Å². The lowest BCUT2D eigenvalue weighted by Gasteiger charge is -2.38. The molecule has 20 heavy (non-hydrogen) atoms. The molecule has 1 unspecified atom stereocenters. The van der Waals surface area contributed by atoms with Crippen molar-refractivity contribution in [2.45, 2.75) is 44.4 Å². The van der Waals surface area contributed by atoms with Gasteiger partial charge in [0, 0.05) is 51.5 Å². The molecule has 2 aliphatic heterocycles. The maximum absolute atomic E-state index is 6.08. The molecule has 2 fully saturated rings. The monoisotopic (exact) mass is 279 g/mol. The van der Waals surface area contributed by atoms with E-state index in [-0.39, 0.29) is 5.60 Å². The Bertz CT molecular complexity index is 438. The molecule has 3 rings (SSSR count). The van der Waals surface area contributed by atoms with Gasteiger partial charge in [-0.15, -0.1) is 0 Å². The smallest absolute Gasteiger partial charge is 0.0836 e. The normalized spacial score (nSPS) is 26.4. The maximum Gasteiger partial charge on any atom is 0.0836 e. The molecule has 1 aromatic rings. The van der Waals surface area contributed by atoms with Crippen LogP contribution in [0.2, 0.25) is 0 Å². The first kappa shape index (κ1) is 14.0. The number of ether oxygens (including phenoxy) is 2. The Morgan fingerprint density at radius 2 is 2.25 bits per heavy atom. The van der Waals surface area contributed by atoms with E-state index in [4.69, 9.17) is 9.47 Å². The van der Waals surface area contributed by atoms with Crippen LogP contribution in [0.5, 0.6) is 0 Å². The van der Waals surface area contributed by atoms with Crippen LogP contribution in [0.15, 0.2) is 12.4 Å². The predicted molar refractivity (Wildman–Crippen MR) is 76.4 cm³/mol. The predicted octanol–water partition coefficient (Wildman–Crippen LogP) is 1.58. The standard InChI is InChI=1S/C15H25N3O2/c1-3-19-14-8-15(20-12-14)4-6-18(7-5-15)11-13-9-16-17(2)10-13/h9-10,14H,3-8,11-12H2,1-2H3. The minimum absolute atomic E-state index is 0.0886. The minimum atomic E-state index is 0.0886. The van der Waals surface area contributed by atoms with Crippen molar-refractivity contribution < 1.29 is 9.47 Å². The molecule has 1 atom stereocenters. The van der Waals surface area contributed by atoms with Crippen LogP contribution in [0.4, 0.5) is 0 Å². The van der Waals surface area contributed by atoms with Gasteiger partial charge in [0.15, 0.2) is 0 Å². The van der Waals surface area contributed by atoms with Gasteiger partial charge in [-0.25, -0.2) is 0 Å². The van der Waals surface area contributed by atoms with E-state index in [9.17, 15) is 0 Å².